The van der Waals surface area contributed by atoms with Crippen molar-refractivity contribution in [2.75, 3.05) is 0 Å². The van der Waals surface area contributed by atoms with E-state index < -0.39 is 0 Å². The van der Waals surface area contributed by atoms with E-state index in [1.807, 2.05) is 0 Å². The fraction of sp³-hybridized carbons (Fsp3) is 0. The molecule has 50 heavy (non-hydrogen) atoms. The first-order valence-corrected chi connectivity index (χ1v) is 17.3. The molecule has 0 radical (unpaired) electrons. The van der Waals surface area contributed by atoms with Crippen LogP contribution in [-0.2, 0) is 0 Å². The summed E-state index contributed by atoms with van der Waals surface area (Å²) in [5, 5.41) is 12.6. The van der Waals surface area contributed by atoms with Gasteiger partial charge in [-0.3, -0.25) is 0 Å². The number of benzene rings is 10. The molecule has 0 aliphatic heterocycles. The summed E-state index contributed by atoms with van der Waals surface area (Å²) in [7, 11) is 0. The fourth-order valence-electron chi connectivity index (χ4n) is 8.06. The third-order valence-corrected chi connectivity index (χ3v) is 10.4. The topological polar surface area (TPSA) is 0 Å². The number of fused-ring (bicyclic) bond motifs is 6. The Morgan fingerprint density at radius 1 is 0.200 bits per heavy atom. The van der Waals surface area contributed by atoms with Gasteiger partial charge in [-0.05, 0) is 123 Å². The lowest BCUT2D eigenvalue weighted by Gasteiger charge is -2.21. The molecular weight excluding hydrogens is 601 g/mol. The second-order valence-corrected chi connectivity index (χ2v) is 13.3. The van der Waals surface area contributed by atoms with Gasteiger partial charge in [0.05, 0.1) is 0 Å². The Morgan fingerprint density at radius 3 is 1.38 bits per heavy atom. The largest absolute Gasteiger partial charge is 0.0622 e. The van der Waals surface area contributed by atoms with Gasteiger partial charge in [-0.2, -0.15) is 0 Å². The van der Waals surface area contributed by atoms with Crippen molar-refractivity contribution in [2.24, 2.45) is 0 Å². The maximum atomic E-state index is 2.43. The Morgan fingerprint density at radius 2 is 0.700 bits per heavy atom. The molecule has 0 aliphatic rings. The smallest absolute Gasteiger partial charge is 0.00197 e. The van der Waals surface area contributed by atoms with Gasteiger partial charge >= 0.3 is 0 Å². The first-order chi connectivity index (χ1) is 24.8. The molecule has 232 valence electrons. The van der Waals surface area contributed by atoms with Gasteiger partial charge in [-0.1, -0.05) is 170 Å². The zero-order valence-electron chi connectivity index (χ0n) is 27.5. The Kier molecular flexibility index (Phi) is 6.60. The number of hydrogen-bond acceptors (Lipinski definition) is 0. The quantitative estimate of drug-likeness (QED) is 0.134. The van der Waals surface area contributed by atoms with Gasteiger partial charge in [0.2, 0.25) is 0 Å². The van der Waals surface area contributed by atoms with Crippen LogP contribution in [0.15, 0.2) is 194 Å². The predicted molar refractivity (Wildman–Crippen MR) is 216 cm³/mol. The lowest BCUT2D eigenvalue weighted by atomic mass is 9.82. The summed E-state index contributed by atoms with van der Waals surface area (Å²) in [6.07, 6.45) is 0. The monoisotopic (exact) mass is 632 g/mol. The highest BCUT2D eigenvalue weighted by molar-refractivity contribution is 6.26. The normalized spacial score (nSPS) is 11.6. The number of rotatable bonds is 4. The minimum Gasteiger partial charge on any atom is -0.0622 e. The molecular formula is C50H32. The first-order valence-electron chi connectivity index (χ1n) is 17.3. The summed E-state index contributed by atoms with van der Waals surface area (Å²) in [6, 6.07) is 71.5. The minimum absolute atomic E-state index is 1.22. The van der Waals surface area contributed by atoms with Crippen LogP contribution in [0.1, 0.15) is 0 Å². The standard InChI is InChI=1S/C50H32/c1-3-13-33(14-4-1)37-26-28-45-47(30-37)49(40-24-23-35-17-7-8-18-36(35)29-40)44-27-25-38(34-15-5-2-6-16-34)31-48(44)50(45)46-32-39-19-9-10-20-41(39)42-21-11-12-22-43(42)46/h1-32H. The highest BCUT2D eigenvalue weighted by atomic mass is 14.2. The van der Waals surface area contributed by atoms with Crippen LogP contribution in [0.4, 0.5) is 0 Å². The van der Waals surface area contributed by atoms with E-state index in [-0.39, 0.29) is 0 Å². The molecule has 0 N–H and O–H groups in total. The van der Waals surface area contributed by atoms with E-state index in [0.717, 1.165) is 0 Å². The summed E-state index contributed by atoms with van der Waals surface area (Å²) in [5.41, 5.74) is 9.91. The minimum atomic E-state index is 1.22. The lowest BCUT2D eigenvalue weighted by Crippen LogP contribution is -1.94. The molecule has 0 unspecified atom stereocenters. The molecule has 0 heterocycles. The van der Waals surface area contributed by atoms with Crippen molar-refractivity contribution in [3.8, 4) is 44.5 Å². The van der Waals surface area contributed by atoms with E-state index in [1.54, 1.807) is 0 Å². The molecule has 0 amide bonds. The summed E-state index contributed by atoms with van der Waals surface area (Å²) < 4.78 is 0. The third kappa shape index (κ3) is 4.61. The summed E-state index contributed by atoms with van der Waals surface area (Å²) in [6.45, 7) is 0. The zero-order chi connectivity index (χ0) is 33.0. The van der Waals surface area contributed by atoms with E-state index in [4.69, 9.17) is 0 Å². The molecule has 10 aromatic carbocycles. The van der Waals surface area contributed by atoms with Crippen molar-refractivity contribution in [2.45, 2.75) is 0 Å². The van der Waals surface area contributed by atoms with E-state index >= 15 is 0 Å². The Labute approximate surface area is 291 Å². The SMILES string of the molecule is c1ccc(-c2ccc3c(-c4cc5ccccc5c5ccccc45)c4cc(-c5ccccc5)ccc4c(-c4ccc5ccccc5c4)c3c2)cc1. The van der Waals surface area contributed by atoms with E-state index in [1.165, 1.54) is 98.4 Å². The Bertz CT molecular complexity index is 2900. The summed E-state index contributed by atoms with van der Waals surface area (Å²) in [4.78, 5) is 0. The molecule has 0 saturated heterocycles. The molecule has 0 atom stereocenters. The van der Waals surface area contributed by atoms with Crippen LogP contribution in [0.5, 0.6) is 0 Å². The average Bonchev–Trinajstić information content (AvgIpc) is 3.20. The van der Waals surface area contributed by atoms with Crippen LogP contribution in [0.25, 0.3) is 98.4 Å². The van der Waals surface area contributed by atoms with Crippen LogP contribution in [-0.4, -0.2) is 0 Å². The molecule has 10 rings (SSSR count). The molecule has 10 aromatic rings. The highest BCUT2D eigenvalue weighted by Gasteiger charge is 2.21. The van der Waals surface area contributed by atoms with Crippen molar-refractivity contribution in [3.63, 3.8) is 0 Å². The van der Waals surface area contributed by atoms with E-state index in [9.17, 15) is 0 Å². The second-order valence-electron chi connectivity index (χ2n) is 13.3. The van der Waals surface area contributed by atoms with Crippen molar-refractivity contribution in [1.82, 2.24) is 0 Å². The van der Waals surface area contributed by atoms with Gasteiger partial charge in [0, 0.05) is 0 Å². The predicted octanol–water partition coefficient (Wildman–Crippen LogP) is 14.1. The lowest BCUT2D eigenvalue weighted by molar-refractivity contribution is 1.63. The van der Waals surface area contributed by atoms with E-state index in [2.05, 4.69) is 194 Å². The van der Waals surface area contributed by atoms with Crippen molar-refractivity contribution >= 4 is 53.9 Å². The number of hydrogen-bond donors (Lipinski definition) is 0. The second kappa shape index (κ2) is 11.6. The molecule has 0 aromatic heterocycles. The van der Waals surface area contributed by atoms with Crippen LogP contribution in [0, 0.1) is 0 Å². The zero-order valence-corrected chi connectivity index (χ0v) is 27.5. The molecule has 0 nitrogen and oxygen atoms in total. The molecule has 0 spiro atoms. The third-order valence-electron chi connectivity index (χ3n) is 10.4. The van der Waals surface area contributed by atoms with Crippen molar-refractivity contribution in [3.05, 3.63) is 194 Å². The maximum Gasteiger partial charge on any atom is -0.00197 e. The molecule has 0 fully saturated rings. The van der Waals surface area contributed by atoms with Crippen molar-refractivity contribution in [1.29, 1.82) is 0 Å². The molecule has 0 aliphatic carbocycles. The molecule has 0 bridgehead atoms. The van der Waals surface area contributed by atoms with Crippen molar-refractivity contribution < 1.29 is 0 Å². The van der Waals surface area contributed by atoms with Crippen LogP contribution in [0.3, 0.4) is 0 Å². The van der Waals surface area contributed by atoms with Crippen LogP contribution >= 0.6 is 0 Å². The van der Waals surface area contributed by atoms with Gasteiger partial charge in [-0.25, -0.2) is 0 Å². The summed E-state index contributed by atoms with van der Waals surface area (Å²) >= 11 is 0. The van der Waals surface area contributed by atoms with Crippen LogP contribution < -0.4 is 0 Å². The van der Waals surface area contributed by atoms with Gasteiger partial charge in [0.25, 0.3) is 0 Å². The van der Waals surface area contributed by atoms with E-state index in [0.29, 0.717) is 0 Å². The van der Waals surface area contributed by atoms with Gasteiger partial charge < -0.3 is 0 Å². The fourth-order valence-corrected chi connectivity index (χ4v) is 8.06. The highest BCUT2D eigenvalue weighted by Crippen LogP contribution is 2.48. The summed E-state index contributed by atoms with van der Waals surface area (Å²) in [5.74, 6) is 0. The van der Waals surface area contributed by atoms with Gasteiger partial charge in [0.15, 0.2) is 0 Å². The molecule has 0 heteroatoms. The Balaban J connectivity index is 1.41. The first kappa shape index (κ1) is 28.5. The molecule has 0 saturated carbocycles. The Hall–Kier alpha value is -6.50. The van der Waals surface area contributed by atoms with Gasteiger partial charge in [0.1, 0.15) is 0 Å². The van der Waals surface area contributed by atoms with Gasteiger partial charge in [-0.15, -0.1) is 0 Å². The average molecular weight is 633 g/mol. The maximum absolute atomic E-state index is 2.43. The van der Waals surface area contributed by atoms with Crippen LogP contribution in [0.2, 0.25) is 0 Å².